The first-order valence-electron chi connectivity index (χ1n) is 5.75. The van der Waals surface area contributed by atoms with Crippen molar-refractivity contribution in [3.05, 3.63) is 29.8 Å². The van der Waals surface area contributed by atoms with Crippen molar-refractivity contribution in [3.63, 3.8) is 0 Å². The van der Waals surface area contributed by atoms with Crippen LogP contribution >= 0.6 is 0 Å². The topological polar surface area (TPSA) is 66.4 Å². The third kappa shape index (κ3) is 3.80. The minimum Gasteiger partial charge on any atom is -0.395 e. The monoisotopic (exact) mass is 257 g/mol. The highest BCUT2D eigenvalue weighted by Crippen LogP contribution is 2.11. The van der Waals surface area contributed by atoms with Crippen molar-refractivity contribution >= 4 is 10.0 Å². The molecule has 1 rings (SSSR count). The van der Waals surface area contributed by atoms with Crippen LogP contribution in [-0.4, -0.2) is 26.2 Å². The lowest BCUT2D eigenvalue weighted by Crippen LogP contribution is -2.36. The van der Waals surface area contributed by atoms with Gasteiger partial charge in [0.15, 0.2) is 0 Å². The number of nitrogens with one attached hydrogen (secondary N) is 1. The Bertz CT molecular complexity index is 435. The van der Waals surface area contributed by atoms with Crippen molar-refractivity contribution in [2.75, 3.05) is 6.61 Å². The van der Waals surface area contributed by atoms with E-state index in [2.05, 4.69) is 4.72 Å². The molecule has 0 aliphatic heterocycles. The van der Waals surface area contributed by atoms with E-state index in [9.17, 15) is 8.42 Å². The van der Waals surface area contributed by atoms with E-state index in [1.54, 1.807) is 24.3 Å². The van der Waals surface area contributed by atoms with Gasteiger partial charge < -0.3 is 5.11 Å². The van der Waals surface area contributed by atoms with E-state index in [0.717, 1.165) is 12.0 Å². The van der Waals surface area contributed by atoms with Gasteiger partial charge in [-0.05, 0) is 30.5 Å². The van der Waals surface area contributed by atoms with Crippen LogP contribution in [0.1, 0.15) is 25.8 Å². The molecule has 2 N–H and O–H groups in total. The van der Waals surface area contributed by atoms with Gasteiger partial charge in [0.05, 0.1) is 11.5 Å². The van der Waals surface area contributed by atoms with Crippen LogP contribution in [0.2, 0.25) is 0 Å². The molecule has 0 saturated heterocycles. The number of aryl methyl sites for hydroxylation is 1. The zero-order valence-corrected chi connectivity index (χ0v) is 11.0. The summed E-state index contributed by atoms with van der Waals surface area (Å²) in [5, 5.41) is 8.99. The molecular weight excluding hydrogens is 238 g/mol. The molecule has 0 spiro atoms. The molecular formula is C12H19NO3S. The van der Waals surface area contributed by atoms with Crippen LogP contribution in [0.3, 0.4) is 0 Å². The fourth-order valence-electron chi connectivity index (χ4n) is 1.44. The van der Waals surface area contributed by atoms with E-state index in [1.165, 1.54) is 0 Å². The zero-order chi connectivity index (χ0) is 12.9. The highest BCUT2D eigenvalue weighted by atomic mass is 32.2. The maximum atomic E-state index is 11.9. The van der Waals surface area contributed by atoms with Crippen LogP contribution in [0.4, 0.5) is 0 Å². The van der Waals surface area contributed by atoms with Crippen molar-refractivity contribution in [3.8, 4) is 0 Å². The number of aliphatic hydroxyl groups excluding tert-OH is 1. The lowest BCUT2D eigenvalue weighted by molar-refractivity contribution is 0.254. The molecule has 0 aliphatic rings. The van der Waals surface area contributed by atoms with Gasteiger partial charge in [-0.3, -0.25) is 0 Å². The first-order valence-corrected chi connectivity index (χ1v) is 7.24. The zero-order valence-electron chi connectivity index (χ0n) is 10.2. The van der Waals surface area contributed by atoms with Crippen LogP contribution in [-0.2, 0) is 16.4 Å². The van der Waals surface area contributed by atoms with E-state index >= 15 is 0 Å². The summed E-state index contributed by atoms with van der Waals surface area (Å²) in [6, 6.07) is 6.35. The molecule has 0 amide bonds. The van der Waals surface area contributed by atoms with Crippen LogP contribution < -0.4 is 4.72 Å². The summed E-state index contributed by atoms with van der Waals surface area (Å²) < 4.78 is 26.3. The number of hydrogen-bond donors (Lipinski definition) is 2. The summed E-state index contributed by atoms with van der Waals surface area (Å²) in [4.78, 5) is 0.238. The van der Waals surface area contributed by atoms with Gasteiger partial charge >= 0.3 is 0 Å². The molecule has 17 heavy (non-hydrogen) atoms. The second kappa shape index (κ2) is 6.14. The van der Waals surface area contributed by atoms with Crippen molar-refractivity contribution in [1.82, 2.24) is 4.72 Å². The van der Waals surface area contributed by atoms with Gasteiger partial charge in [-0.25, -0.2) is 13.1 Å². The van der Waals surface area contributed by atoms with Crippen LogP contribution in [0.15, 0.2) is 29.2 Å². The Morgan fingerprint density at radius 2 is 1.82 bits per heavy atom. The molecule has 0 aliphatic carbocycles. The molecule has 5 heteroatoms. The first kappa shape index (κ1) is 14.2. The summed E-state index contributed by atoms with van der Waals surface area (Å²) in [5.41, 5.74) is 1.10. The summed E-state index contributed by atoms with van der Waals surface area (Å²) >= 11 is 0. The lowest BCUT2D eigenvalue weighted by atomic mass is 10.2. The first-order chi connectivity index (χ1) is 8.03. The summed E-state index contributed by atoms with van der Waals surface area (Å²) in [6.45, 7) is 3.65. The Morgan fingerprint density at radius 3 is 2.24 bits per heavy atom. The normalized spacial score (nSPS) is 13.6. The van der Waals surface area contributed by atoms with E-state index in [-0.39, 0.29) is 11.5 Å². The van der Waals surface area contributed by atoms with Crippen molar-refractivity contribution in [1.29, 1.82) is 0 Å². The maximum Gasteiger partial charge on any atom is 0.240 e. The Morgan fingerprint density at radius 1 is 1.24 bits per heavy atom. The molecule has 0 heterocycles. The standard InChI is InChI=1S/C12H19NO3S/c1-3-10-5-7-12(8-6-10)17(15,16)13-11(4-2)9-14/h5-8,11,13-14H,3-4,9H2,1-2H3. The molecule has 0 radical (unpaired) electrons. The van der Waals surface area contributed by atoms with Crippen LogP contribution in [0, 0.1) is 0 Å². The highest BCUT2D eigenvalue weighted by Gasteiger charge is 2.18. The van der Waals surface area contributed by atoms with Gasteiger partial charge in [-0.15, -0.1) is 0 Å². The molecule has 0 aromatic heterocycles. The van der Waals surface area contributed by atoms with E-state index in [1.807, 2.05) is 13.8 Å². The molecule has 0 fully saturated rings. The van der Waals surface area contributed by atoms with Crippen molar-refractivity contribution < 1.29 is 13.5 Å². The maximum absolute atomic E-state index is 11.9. The third-order valence-electron chi connectivity index (χ3n) is 2.68. The average molecular weight is 257 g/mol. The van der Waals surface area contributed by atoms with Crippen LogP contribution in [0.25, 0.3) is 0 Å². The molecule has 1 aromatic rings. The lowest BCUT2D eigenvalue weighted by Gasteiger charge is -2.14. The van der Waals surface area contributed by atoms with Crippen LogP contribution in [0.5, 0.6) is 0 Å². The number of aliphatic hydroxyl groups is 1. The van der Waals surface area contributed by atoms with Crippen molar-refractivity contribution in [2.45, 2.75) is 37.6 Å². The smallest absolute Gasteiger partial charge is 0.240 e. The minimum atomic E-state index is -3.52. The van der Waals surface area contributed by atoms with E-state index < -0.39 is 16.1 Å². The molecule has 0 saturated carbocycles. The highest BCUT2D eigenvalue weighted by molar-refractivity contribution is 7.89. The predicted molar refractivity (Wildman–Crippen MR) is 67.3 cm³/mol. The number of rotatable bonds is 6. The molecule has 1 atom stereocenters. The number of benzene rings is 1. The number of hydrogen-bond acceptors (Lipinski definition) is 3. The Hall–Kier alpha value is -0.910. The number of sulfonamides is 1. The van der Waals surface area contributed by atoms with Gasteiger partial charge in [0.25, 0.3) is 0 Å². The SMILES string of the molecule is CCc1ccc(S(=O)(=O)NC(CC)CO)cc1. The second-order valence-corrected chi connectivity index (χ2v) is 5.62. The Balaban J connectivity index is 2.89. The fourth-order valence-corrected chi connectivity index (χ4v) is 2.75. The largest absolute Gasteiger partial charge is 0.395 e. The third-order valence-corrected chi connectivity index (χ3v) is 4.21. The predicted octanol–water partition coefficient (Wildman–Crippen LogP) is 1.30. The average Bonchev–Trinajstić information content (AvgIpc) is 2.36. The molecule has 1 aromatic carbocycles. The molecule has 1 unspecified atom stereocenters. The Labute approximate surface area is 103 Å². The quantitative estimate of drug-likeness (QED) is 0.807. The van der Waals surface area contributed by atoms with E-state index in [4.69, 9.17) is 5.11 Å². The summed E-state index contributed by atoms with van der Waals surface area (Å²) in [5.74, 6) is 0. The molecule has 4 nitrogen and oxygen atoms in total. The second-order valence-electron chi connectivity index (χ2n) is 3.91. The molecule has 96 valence electrons. The fraction of sp³-hybridized carbons (Fsp3) is 0.500. The van der Waals surface area contributed by atoms with Gasteiger partial charge in [-0.1, -0.05) is 26.0 Å². The van der Waals surface area contributed by atoms with Gasteiger partial charge in [0.2, 0.25) is 10.0 Å². The molecule has 0 bridgehead atoms. The Kier molecular flexibility index (Phi) is 5.11. The van der Waals surface area contributed by atoms with Gasteiger partial charge in [-0.2, -0.15) is 0 Å². The van der Waals surface area contributed by atoms with Crippen molar-refractivity contribution in [2.24, 2.45) is 0 Å². The summed E-state index contributed by atoms with van der Waals surface area (Å²) in [6.07, 6.45) is 1.44. The van der Waals surface area contributed by atoms with Gasteiger partial charge in [0.1, 0.15) is 0 Å². The summed E-state index contributed by atoms with van der Waals surface area (Å²) in [7, 11) is -3.52. The minimum absolute atomic E-state index is 0.192. The van der Waals surface area contributed by atoms with Gasteiger partial charge in [0, 0.05) is 6.04 Å². The van der Waals surface area contributed by atoms with E-state index in [0.29, 0.717) is 6.42 Å².